The number of aryl methyl sites for hydroxylation is 5. The molecule has 8 aromatic rings. The zero-order valence-corrected chi connectivity index (χ0v) is 57.2. The fourth-order valence-electron chi connectivity index (χ4n) is 12.6. The highest BCUT2D eigenvalue weighted by atomic mass is 14.3. The highest BCUT2D eigenvalue weighted by molar-refractivity contribution is 5.85. The van der Waals surface area contributed by atoms with Gasteiger partial charge in [0.2, 0.25) is 0 Å². The van der Waals surface area contributed by atoms with Crippen LogP contribution in [0.25, 0.3) is 21.5 Å². The van der Waals surface area contributed by atoms with E-state index in [1.54, 1.807) is 38.9 Å². The van der Waals surface area contributed by atoms with E-state index in [1.165, 1.54) is 139 Å². The second-order valence-electron chi connectivity index (χ2n) is 32.8. The summed E-state index contributed by atoms with van der Waals surface area (Å²) in [6, 6.07) is 62.2. The summed E-state index contributed by atoms with van der Waals surface area (Å²) in [6.07, 6.45) is 21.7. The lowest BCUT2D eigenvalue weighted by atomic mass is 9.81. The van der Waals surface area contributed by atoms with E-state index in [1.807, 2.05) is 0 Å². The standard InChI is InChI=1S/C15H22.C15H18.C15H22.C15H18.C14H20.C11H16/c2*1-15(2,3)11-13-9-6-8-12-7-4-5-10-14(12)13;2*1-15(2,3)11-12-8-9-13-6-4-5-7-14(13)10-12;1-14(2,3)10-11-7-8-12-5-4-6-13(12)9-11;1-11(2,3)9-10-7-5-4-6-8-10/h6,8-9H,4-5,7,10-11H2,1-3H3;4-10H,11H2,1-3H3;8-10H,4-7,11H2,1-3H3;4-10H,11H2,1-3H3;7-9H,4-6,10H2,1-3H3;4-8H,9H2,1-3H3. The molecule has 0 saturated carbocycles. The number of hydrogen-bond acceptors (Lipinski definition) is 0. The zero-order chi connectivity index (χ0) is 62.1. The Hall–Kier alpha value is -5.72. The highest BCUT2D eigenvalue weighted by Gasteiger charge is 2.20. The molecular formula is C85H116. The lowest BCUT2D eigenvalue weighted by Crippen LogP contribution is -2.13. The third-order valence-corrected chi connectivity index (χ3v) is 16.0. The topological polar surface area (TPSA) is 0 Å². The van der Waals surface area contributed by atoms with Crippen molar-refractivity contribution in [3.8, 4) is 0 Å². The van der Waals surface area contributed by atoms with Crippen molar-refractivity contribution in [2.75, 3.05) is 0 Å². The van der Waals surface area contributed by atoms with Crippen molar-refractivity contribution in [1.82, 2.24) is 0 Å². The number of fused-ring (bicyclic) bond motifs is 5. The minimum Gasteiger partial charge on any atom is -0.0622 e. The summed E-state index contributed by atoms with van der Waals surface area (Å²) in [5.41, 5.74) is 21.0. The van der Waals surface area contributed by atoms with E-state index in [0.717, 1.165) is 19.3 Å². The van der Waals surface area contributed by atoms with Gasteiger partial charge in [0.1, 0.15) is 0 Å². The van der Waals surface area contributed by atoms with Crippen LogP contribution >= 0.6 is 0 Å². The van der Waals surface area contributed by atoms with E-state index < -0.39 is 0 Å². The number of hydrogen-bond donors (Lipinski definition) is 0. The molecule has 0 aromatic heterocycles. The van der Waals surface area contributed by atoms with Gasteiger partial charge in [-0.05, 0) is 230 Å². The molecule has 8 aromatic carbocycles. The molecule has 0 saturated heterocycles. The second-order valence-corrected chi connectivity index (χ2v) is 32.8. The van der Waals surface area contributed by atoms with Crippen LogP contribution in [0.4, 0.5) is 0 Å². The molecule has 0 radical (unpaired) electrons. The number of benzene rings is 8. The Morgan fingerprint density at radius 2 is 0.612 bits per heavy atom. The third kappa shape index (κ3) is 25.6. The molecule has 0 aliphatic heterocycles. The maximum atomic E-state index is 2.44. The Bertz CT molecular complexity index is 3270. The fourth-order valence-corrected chi connectivity index (χ4v) is 12.6. The van der Waals surface area contributed by atoms with Gasteiger partial charge in [-0.2, -0.15) is 0 Å². The molecule has 456 valence electrons. The van der Waals surface area contributed by atoms with Crippen LogP contribution in [0, 0.1) is 32.5 Å². The number of rotatable bonds is 6. The highest BCUT2D eigenvalue weighted by Crippen LogP contribution is 2.32. The van der Waals surface area contributed by atoms with Crippen molar-refractivity contribution in [1.29, 1.82) is 0 Å². The summed E-state index contributed by atoms with van der Waals surface area (Å²) in [4.78, 5) is 0. The Balaban J connectivity index is 0.000000164. The van der Waals surface area contributed by atoms with Crippen LogP contribution in [0.5, 0.6) is 0 Å². The van der Waals surface area contributed by atoms with Crippen molar-refractivity contribution in [2.45, 2.75) is 234 Å². The smallest absolute Gasteiger partial charge is 0.0152 e. The molecular weight excluding hydrogens is 1020 g/mol. The molecule has 0 heteroatoms. The predicted molar refractivity (Wildman–Crippen MR) is 378 cm³/mol. The lowest BCUT2D eigenvalue weighted by molar-refractivity contribution is 0.408. The maximum absolute atomic E-state index is 2.44. The minimum absolute atomic E-state index is 0.351. The van der Waals surface area contributed by atoms with E-state index in [-0.39, 0.29) is 0 Å². The molecule has 0 fully saturated rings. The van der Waals surface area contributed by atoms with Crippen LogP contribution in [0.2, 0.25) is 0 Å². The fraction of sp³-hybridized carbons (Fsp3) is 0.482. The average Bonchev–Trinajstić information content (AvgIpc) is 4.06. The average molecular weight is 1140 g/mol. The van der Waals surface area contributed by atoms with Gasteiger partial charge < -0.3 is 0 Å². The Morgan fingerprint density at radius 1 is 0.235 bits per heavy atom. The van der Waals surface area contributed by atoms with Crippen LogP contribution in [0.15, 0.2) is 170 Å². The first-order valence-corrected chi connectivity index (χ1v) is 33.1. The van der Waals surface area contributed by atoms with Gasteiger partial charge in [-0.25, -0.2) is 0 Å². The molecule has 0 atom stereocenters. The molecule has 11 rings (SSSR count). The van der Waals surface area contributed by atoms with Gasteiger partial charge in [-0.1, -0.05) is 294 Å². The molecule has 0 unspecified atom stereocenters. The van der Waals surface area contributed by atoms with Gasteiger partial charge in [0.25, 0.3) is 0 Å². The molecule has 0 nitrogen and oxygen atoms in total. The molecule has 3 aliphatic rings. The van der Waals surface area contributed by atoms with Gasteiger partial charge in [0, 0.05) is 0 Å². The van der Waals surface area contributed by atoms with Gasteiger partial charge in [0.15, 0.2) is 0 Å². The van der Waals surface area contributed by atoms with Crippen molar-refractivity contribution in [2.24, 2.45) is 32.5 Å². The summed E-state index contributed by atoms with van der Waals surface area (Å²) in [6.45, 7) is 41.3. The van der Waals surface area contributed by atoms with Crippen LogP contribution in [0.1, 0.15) is 223 Å². The normalized spacial score (nSPS) is 14.0. The van der Waals surface area contributed by atoms with E-state index in [0.29, 0.717) is 32.5 Å². The minimum atomic E-state index is 0.351. The SMILES string of the molecule is CC(C)(C)Cc1ccc2c(c1)CCC2.CC(C)(C)Cc1ccc2c(c1)CCCC2.CC(C)(C)Cc1ccc2ccccc2c1.CC(C)(C)Cc1cccc2c1CCCC2.CC(C)(C)Cc1cccc2ccccc12.CC(C)(C)Cc1ccccc1. The van der Waals surface area contributed by atoms with Gasteiger partial charge >= 0.3 is 0 Å². The summed E-state index contributed by atoms with van der Waals surface area (Å²) in [7, 11) is 0. The van der Waals surface area contributed by atoms with E-state index in [2.05, 4.69) is 294 Å². The molecule has 0 N–H and O–H groups in total. The Labute approximate surface area is 521 Å². The summed E-state index contributed by atoms with van der Waals surface area (Å²) in [5, 5.41) is 5.42. The summed E-state index contributed by atoms with van der Waals surface area (Å²) >= 11 is 0. The van der Waals surface area contributed by atoms with Gasteiger partial charge in [-0.3, -0.25) is 0 Å². The first-order valence-electron chi connectivity index (χ1n) is 33.1. The monoisotopic (exact) mass is 1140 g/mol. The van der Waals surface area contributed by atoms with Crippen molar-refractivity contribution >= 4 is 21.5 Å². The predicted octanol–water partition coefficient (Wildman–Crippen LogP) is 24.2. The Morgan fingerprint density at radius 3 is 1.16 bits per heavy atom. The first kappa shape index (κ1) is 68.4. The molecule has 0 spiro atoms. The van der Waals surface area contributed by atoms with Crippen molar-refractivity contribution in [3.05, 3.63) is 237 Å². The van der Waals surface area contributed by atoms with E-state index in [4.69, 9.17) is 0 Å². The molecule has 0 heterocycles. The zero-order valence-electron chi connectivity index (χ0n) is 57.2. The first-order chi connectivity index (χ1) is 39.8. The van der Waals surface area contributed by atoms with E-state index >= 15 is 0 Å². The molecule has 0 bridgehead atoms. The van der Waals surface area contributed by atoms with Gasteiger partial charge in [-0.15, -0.1) is 0 Å². The van der Waals surface area contributed by atoms with Gasteiger partial charge in [0.05, 0.1) is 0 Å². The van der Waals surface area contributed by atoms with Crippen molar-refractivity contribution < 1.29 is 0 Å². The van der Waals surface area contributed by atoms with Crippen molar-refractivity contribution in [3.63, 3.8) is 0 Å². The summed E-state index contributed by atoms with van der Waals surface area (Å²) < 4.78 is 0. The van der Waals surface area contributed by atoms with Crippen LogP contribution in [0.3, 0.4) is 0 Å². The largest absolute Gasteiger partial charge is 0.0622 e. The molecule has 85 heavy (non-hydrogen) atoms. The van der Waals surface area contributed by atoms with Crippen LogP contribution in [-0.2, 0) is 77.0 Å². The molecule has 0 amide bonds. The third-order valence-electron chi connectivity index (χ3n) is 16.0. The Kier molecular flexibility index (Phi) is 24.8. The maximum Gasteiger partial charge on any atom is -0.0152 e. The van der Waals surface area contributed by atoms with E-state index in [9.17, 15) is 0 Å². The van der Waals surface area contributed by atoms with Crippen LogP contribution in [-0.4, -0.2) is 0 Å². The lowest BCUT2D eigenvalue weighted by Gasteiger charge is -2.24. The summed E-state index contributed by atoms with van der Waals surface area (Å²) in [5.74, 6) is 0. The van der Waals surface area contributed by atoms with Crippen LogP contribution < -0.4 is 0 Å². The molecule has 3 aliphatic carbocycles. The quantitative estimate of drug-likeness (QED) is 0.156. The second kappa shape index (κ2) is 30.8.